The molecule has 104 valence electrons. The number of hydrogen-bond acceptors (Lipinski definition) is 3. The number of nitrogens with one attached hydrogen (secondary N) is 1. The van der Waals surface area contributed by atoms with Crippen molar-refractivity contribution in [2.75, 3.05) is 5.75 Å². The van der Waals surface area contributed by atoms with Gasteiger partial charge in [0.15, 0.2) is 9.84 Å². The molecule has 19 heavy (non-hydrogen) atoms. The van der Waals surface area contributed by atoms with Crippen LogP contribution in [-0.2, 0) is 9.84 Å². The molecule has 0 saturated heterocycles. The van der Waals surface area contributed by atoms with E-state index >= 15 is 0 Å². The number of sulfone groups is 1. The molecule has 1 aliphatic heterocycles. The Balaban J connectivity index is 2.18. The van der Waals surface area contributed by atoms with Gasteiger partial charge in [-0.25, -0.2) is 8.42 Å². The van der Waals surface area contributed by atoms with Gasteiger partial charge in [0.25, 0.3) is 0 Å². The fourth-order valence-electron chi connectivity index (χ4n) is 2.96. The van der Waals surface area contributed by atoms with Gasteiger partial charge in [0.2, 0.25) is 0 Å². The summed E-state index contributed by atoms with van der Waals surface area (Å²) in [5.41, 5.74) is 5.03. The zero-order valence-electron chi connectivity index (χ0n) is 11.9. The molecule has 2 unspecified atom stereocenters. The number of hydrogen-bond donors (Lipinski definition) is 1. The highest BCUT2D eigenvalue weighted by Gasteiger charge is 2.24. The maximum atomic E-state index is 11.4. The Morgan fingerprint density at radius 3 is 2.26 bits per heavy atom. The standard InChI is InChI=1S/C15H21NO2S/c1-10-7-11(2)15(12(3)8-10)13(4)16-14-5-6-19(17,18)9-14/h5-8,13-14,16H,9H2,1-4H3. The molecule has 0 fully saturated rings. The van der Waals surface area contributed by atoms with Crippen LogP contribution < -0.4 is 5.32 Å². The normalized spacial score (nSPS) is 22.6. The molecule has 1 aromatic carbocycles. The highest BCUT2D eigenvalue weighted by atomic mass is 32.2. The second-order valence-electron chi connectivity index (χ2n) is 5.47. The first kappa shape index (κ1) is 14.3. The molecule has 1 heterocycles. The minimum atomic E-state index is -2.99. The van der Waals surface area contributed by atoms with E-state index < -0.39 is 9.84 Å². The molecule has 0 radical (unpaired) electrons. The fraction of sp³-hybridized carbons (Fsp3) is 0.467. The van der Waals surface area contributed by atoms with Crippen molar-refractivity contribution < 1.29 is 8.42 Å². The molecule has 2 rings (SSSR count). The molecule has 1 aliphatic rings. The summed E-state index contributed by atoms with van der Waals surface area (Å²) in [7, 11) is -2.99. The van der Waals surface area contributed by atoms with E-state index in [0.29, 0.717) is 0 Å². The lowest BCUT2D eigenvalue weighted by atomic mass is 9.94. The van der Waals surface area contributed by atoms with Gasteiger partial charge >= 0.3 is 0 Å². The van der Waals surface area contributed by atoms with Crippen molar-refractivity contribution in [1.29, 1.82) is 0 Å². The highest BCUT2D eigenvalue weighted by Crippen LogP contribution is 2.24. The summed E-state index contributed by atoms with van der Waals surface area (Å²) in [6.45, 7) is 8.39. The van der Waals surface area contributed by atoms with Gasteiger partial charge in [-0.15, -0.1) is 0 Å². The molecule has 0 amide bonds. The third-order valence-electron chi connectivity index (χ3n) is 3.57. The molecule has 4 heteroatoms. The van der Waals surface area contributed by atoms with E-state index in [1.165, 1.54) is 27.7 Å². The molecule has 1 aromatic rings. The maximum Gasteiger partial charge on any atom is 0.173 e. The largest absolute Gasteiger partial charge is 0.303 e. The van der Waals surface area contributed by atoms with E-state index in [1.807, 2.05) is 0 Å². The molecule has 0 aromatic heterocycles. The number of rotatable bonds is 3. The fourth-order valence-corrected chi connectivity index (χ4v) is 4.21. The first-order valence-electron chi connectivity index (χ1n) is 6.53. The highest BCUT2D eigenvalue weighted by molar-refractivity contribution is 7.94. The van der Waals surface area contributed by atoms with Crippen molar-refractivity contribution >= 4 is 9.84 Å². The quantitative estimate of drug-likeness (QED) is 0.925. The van der Waals surface area contributed by atoms with Crippen LogP contribution in [0.15, 0.2) is 23.6 Å². The van der Waals surface area contributed by atoms with E-state index in [2.05, 4.69) is 45.1 Å². The third kappa shape index (κ3) is 3.25. The summed E-state index contributed by atoms with van der Waals surface area (Å²) in [4.78, 5) is 0. The van der Waals surface area contributed by atoms with Crippen LogP contribution in [-0.4, -0.2) is 20.2 Å². The van der Waals surface area contributed by atoms with Gasteiger partial charge in [0.05, 0.1) is 5.75 Å². The van der Waals surface area contributed by atoms with Crippen molar-refractivity contribution in [3.05, 3.63) is 45.9 Å². The molecule has 2 atom stereocenters. The van der Waals surface area contributed by atoms with Crippen LogP contribution in [0.5, 0.6) is 0 Å². The van der Waals surface area contributed by atoms with Gasteiger partial charge in [-0.3, -0.25) is 0 Å². The Morgan fingerprint density at radius 2 is 1.79 bits per heavy atom. The Hall–Kier alpha value is -1.13. The number of aryl methyl sites for hydroxylation is 3. The van der Waals surface area contributed by atoms with Gasteiger partial charge in [0.1, 0.15) is 0 Å². The van der Waals surface area contributed by atoms with Gasteiger partial charge < -0.3 is 5.32 Å². The zero-order valence-corrected chi connectivity index (χ0v) is 12.7. The van der Waals surface area contributed by atoms with E-state index in [9.17, 15) is 8.42 Å². The molecule has 0 spiro atoms. The Labute approximate surface area is 115 Å². The SMILES string of the molecule is Cc1cc(C)c(C(C)NC2C=CS(=O)(=O)C2)c(C)c1. The maximum absolute atomic E-state index is 11.4. The van der Waals surface area contributed by atoms with E-state index in [1.54, 1.807) is 6.08 Å². The van der Waals surface area contributed by atoms with Crippen LogP contribution in [0.1, 0.15) is 35.2 Å². The van der Waals surface area contributed by atoms with E-state index in [4.69, 9.17) is 0 Å². The van der Waals surface area contributed by atoms with Crippen molar-refractivity contribution in [3.63, 3.8) is 0 Å². The van der Waals surface area contributed by atoms with Crippen LogP contribution in [0.25, 0.3) is 0 Å². The van der Waals surface area contributed by atoms with Gasteiger partial charge in [-0.2, -0.15) is 0 Å². The summed E-state index contributed by atoms with van der Waals surface area (Å²) in [5, 5.41) is 4.70. The molecule has 1 N–H and O–H groups in total. The summed E-state index contributed by atoms with van der Waals surface area (Å²) in [6, 6.07) is 4.40. The first-order valence-corrected chi connectivity index (χ1v) is 8.25. The summed E-state index contributed by atoms with van der Waals surface area (Å²) >= 11 is 0. The molecule has 0 aliphatic carbocycles. The third-order valence-corrected chi connectivity index (χ3v) is 4.96. The van der Waals surface area contributed by atoms with Crippen molar-refractivity contribution in [1.82, 2.24) is 5.32 Å². The van der Waals surface area contributed by atoms with Gasteiger partial charge in [-0.05, 0) is 44.4 Å². The van der Waals surface area contributed by atoms with Crippen molar-refractivity contribution in [3.8, 4) is 0 Å². The second kappa shape index (κ2) is 5.10. The lowest BCUT2D eigenvalue weighted by molar-refractivity contribution is 0.531. The second-order valence-corrected chi connectivity index (χ2v) is 7.40. The minimum absolute atomic E-state index is 0.0832. The zero-order chi connectivity index (χ0) is 14.2. The van der Waals surface area contributed by atoms with E-state index in [0.717, 1.165) is 0 Å². The predicted octanol–water partition coefficient (Wildman–Crippen LogP) is 2.57. The Morgan fingerprint density at radius 1 is 1.21 bits per heavy atom. The topological polar surface area (TPSA) is 46.2 Å². The van der Waals surface area contributed by atoms with Crippen LogP contribution in [0.4, 0.5) is 0 Å². The Bertz CT molecular complexity index is 594. The molecular weight excluding hydrogens is 258 g/mol. The lowest BCUT2D eigenvalue weighted by Crippen LogP contribution is -2.33. The minimum Gasteiger partial charge on any atom is -0.303 e. The lowest BCUT2D eigenvalue weighted by Gasteiger charge is -2.22. The van der Waals surface area contributed by atoms with Gasteiger partial charge in [0, 0.05) is 17.5 Å². The average molecular weight is 279 g/mol. The monoisotopic (exact) mass is 279 g/mol. The van der Waals surface area contributed by atoms with Crippen molar-refractivity contribution in [2.24, 2.45) is 0 Å². The predicted molar refractivity (Wildman–Crippen MR) is 78.9 cm³/mol. The molecule has 0 bridgehead atoms. The van der Waals surface area contributed by atoms with Crippen LogP contribution >= 0.6 is 0 Å². The molecular formula is C15H21NO2S. The number of benzene rings is 1. The molecule has 0 saturated carbocycles. The van der Waals surface area contributed by atoms with Crippen LogP contribution in [0.3, 0.4) is 0 Å². The van der Waals surface area contributed by atoms with Crippen LogP contribution in [0.2, 0.25) is 0 Å². The average Bonchev–Trinajstić information content (AvgIpc) is 2.56. The smallest absolute Gasteiger partial charge is 0.173 e. The summed E-state index contributed by atoms with van der Waals surface area (Å²) in [5.74, 6) is 0.168. The van der Waals surface area contributed by atoms with Gasteiger partial charge in [-0.1, -0.05) is 23.8 Å². The van der Waals surface area contributed by atoms with Crippen LogP contribution in [0, 0.1) is 20.8 Å². The summed E-state index contributed by atoms with van der Waals surface area (Å²) in [6.07, 6.45) is 1.74. The molecule has 3 nitrogen and oxygen atoms in total. The summed E-state index contributed by atoms with van der Waals surface area (Å²) < 4.78 is 22.8. The first-order chi connectivity index (χ1) is 8.78. The Kier molecular flexibility index (Phi) is 3.83. The van der Waals surface area contributed by atoms with Crippen molar-refractivity contribution in [2.45, 2.75) is 39.8 Å². The van der Waals surface area contributed by atoms with E-state index in [-0.39, 0.29) is 17.8 Å².